The minimum absolute atomic E-state index is 0.142. The molecule has 4 heteroatoms. The van der Waals surface area contributed by atoms with Crippen LogP contribution in [0.15, 0.2) is 24.3 Å². The third-order valence-electron chi connectivity index (χ3n) is 4.41. The van der Waals surface area contributed by atoms with Crippen molar-refractivity contribution in [3.8, 4) is 0 Å². The number of nitrogens with two attached hydrogens (primary N) is 1. The number of likely N-dealkylation sites (tertiary alicyclic amines) is 1. The van der Waals surface area contributed by atoms with E-state index in [0.717, 1.165) is 37.2 Å². The minimum atomic E-state index is -0.142. The highest BCUT2D eigenvalue weighted by Crippen LogP contribution is 2.19. The van der Waals surface area contributed by atoms with Gasteiger partial charge in [-0.15, -0.1) is 0 Å². The lowest BCUT2D eigenvalue weighted by Crippen LogP contribution is -2.46. The number of nitrogens with zero attached hydrogens (tertiary/aromatic N) is 2. The first kappa shape index (κ1) is 15.8. The molecule has 2 N–H and O–H groups in total. The molecular formula is C17H27N3O. The van der Waals surface area contributed by atoms with Gasteiger partial charge in [0.25, 0.3) is 0 Å². The van der Waals surface area contributed by atoms with Gasteiger partial charge in [0, 0.05) is 32.4 Å². The van der Waals surface area contributed by atoms with E-state index in [1.807, 2.05) is 42.0 Å². The van der Waals surface area contributed by atoms with Crippen LogP contribution in [0, 0.1) is 0 Å². The first-order valence-electron chi connectivity index (χ1n) is 7.94. The van der Waals surface area contributed by atoms with Crippen LogP contribution in [0.1, 0.15) is 38.2 Å². The van der Waals surface area contributed by atoms with E-state index in [-0.39, 0.29) is 11.9 Å². The van der Waals surface area contributed by atoms with E-state index < -0.39 is 0 Å². The lowest BCUT2D eigenvalue weighted by molar-refractivity contribution is -0.132. The zero-order valence-corrected chi connectivity index (χ0v) is 13.2. The molecule has 0 radical (unpaired) electrons. The molecule has 1 aliphatic rings. The normalized spacial score (nSPS) is 17.2. The van der Waals surface area contributed by atoms with Crippen LogP contribution < -0.4 is 10.6 Å². The van der Waals surface area contributed by atoms with Crippen molar-refractivity contribution in [2.75, 3.05) is 25.0 Å². The smallest absolute Gasteiger partial charge is 0.244 e. The fraction of sp³-hybridized carbons (Fsp3) is 0.588. The van der Waals surface area contributed by atoms with Gasteiger partial charge in [-0.1, -0.05) is 25.0 Å². The number of hydrogen-bond donors (Lipinski definition) is 1. The molecule has 0 aromatic heterocycles. The second-order valence-electron chi connectivity index (χ2n) is 5.90. The van der Waals surface area contributed by atoms with E-state index in [0.29, 0.717) is 6.54 Å². The van der Waals surface area contributed by atoms with Crippen LogP contribution in [0.5, 0.6) is 0 Å². The van der Waals surface area contributed by atoms with Gasteiger partial charge in [0.15, 0.2) is 0 Å². The Labute approximate surface area is 127 Å². The third-order valence-corrected chi connectivity index (χ3v) is 4.41. The van der Waals surface area contributed by atoms with Gasteiger partial charge in [-0.25, -0.2) is 0 Å². The molecule has 2 rings (SSSR count). The molecule has 0 aliphatic carbocycles. The van der Waals surface area contributed by atoms with E-state index in [2.05, 4.69) is 6.07 Å². The quantitative estimate of drug-likeness (QED) is 0.926. The summed E-state index contributed by atoms with van der Waals surface area (Å²) in [5.74, 6) is 0.234. The van der Waals surface area contributed by atoms with E-state index in [1.54, 1.807) is 0 Å². The number of carbonyl (C=O) groups is 1. The fourth-order valence-electron chi connectivity index (χ4n) is 2.85. The average Bonchev–Trinajstić information content (AvgIpc) is 2.82. The highest BCUT2D eigenvalue weighted by Gasteiger charge is 2.24. The molecule has 0 bridgehead atoms. The van der Waals surface area contributed by atoms with Crippen LogP contribution in [0.2, 0.25) is 0 Å². The van der Waals surface area contributed by atoms with Crippen molar-refractivity contribution >= 4 is 11.6 Å². The standard InChI is InChI=1S/C17H27N3O/c1-14(17(21)20-10-5-3-4-6-11-20)19(2)16-9-7-8-15(12-16)13-18/h7-9,12,14H,3-6,10-11,13,18H2,1-2H3. The molecule has 116 valence electrons. The molecular weight excluding hydrogens is 262 g/mol. The van der Waals surface area contributed by atoms with Gasteiger partial charge in [0.1, 0.15) is 6.04 Å². The van der Waals surface area contributed by atoms with E-state index in [9.17, 15) is 4.79 Å². The Balaban J connectivity index is 2.06. The molecule has 1 fully saturated rings. The Morgan fingerprint density at radius 2 is 1.95 bits per heavy atom. The molecule has 1 aliphatic heterocycles. The monoisotopic (exact) mass is 289 g/mol. The number of anilines is 1. The highest BCUT2D eigenvalue weighted by atomic mass is 16.2. The summed E-state index contributed by atoms with van der Waals surface area (Å²) >= 11 is 0. The SMILES string of the molecule is CC(C(=O)N1CCCCCC1)N(C)c1cccc(CN)c1. The van der Waals surface area contributed by atoms with Gasteiger partial charge in [-0.3, -0.25) is 4.79 Å². The number of rotatable bonds is 4. The minimum Gasteiger partial charge on any atom is -0.363 e. The lowest BCUT2D eigenvalue weighted by atomic mass is 10.1. The number of benzene rings is 1. The first-order chi connectivity index (χ1) is 10.1. The lowest BCUT2D eigenvalue weighted by Gasteiger charge is -2.31. The third kappa shape index (κ3) is 3.97. The van der Waals surface area contributed by atoms with Crippen molar-refractivity contribution < 1.29 is 4.79 Å². The molecule has 21 heavy (non-hydrogen) atoms. The van der Waals surface area contributed by atoms with E-state index >= 15 is 0 Å². The molecule has 4 nitrogen and oxygen atoms in total. The summed E-state index contributed by atoms with van der Waals surface area (Å²) in [4.78, 5) is 16.8. The molecule has 1 unspecified atom stereocenters. The van der Waals surface area contributed by atoms with E-state index in [4.69, 9.17) is 5.73 Å². The number of likely N-dealkylation sites (N-methyl/N-ethyl adjacent to an activating group) is 1. The maximum absolute atomic E-state index is 12.7. The van der Waals surface area contributed by atoms with Crippen molar-refractivity contribution in [3.05, 3.63) is 29.8 Å². The van der Waals surface area contributed by atoms with Gasteiger partial charge in [-0.05, 0) is 37.5 Å². The first-order valence-corrected chi connectivity index (χ1v) is 7.94. The molecule has 1 amide bonds. The highest BCUT2D eigenvalue weighted by molar-refractivity contribution is 5.84. The van der Waals surface area contributed by atoms with Gasteiger partial charge in [0.2, 0.25) is 5.91 Å². The van der Waals surface area contributed by atoms with Crippen LogP contribution >= 0.6 is 0 Å². The van der Waals surface area contributed by atoms with Crippen molar-refractivity contribution in [2.24, 2.45) is 5.73 Å². The Morgan fingerprint density at radius 1 is 1.29 bits per heavy atom. The molecule has 1 heterocycles. The van der Waals surface area contributed by atoms with Gasteiger partial charge in [-0.2, -0.15) is 0 Å². The summed E-state index contributed by atoms with van der Waals surface area (Å²) in [7, 11) is 1.98. The summed E-state index contributed by atoms with van der Waals surface area (Å²) < 4.78 is 0. The molecule has 1 saturated heterocycles. The van der Waals surface area contributed by atoms with Crippen LogP contribution in [-0.2, 0) is 11.3 Å². The van der Waals surface area contributed by atoms with Crippen LogP contribution in [0.25, 0.3) is 0 Å². The Morgan fingerprint density at radius 3 is 2.57 bits per heavy atom. The second kappa shape index (κ2) is 7.46. The largest absolute Gasteiger partial charge is 0.363 e. The summed E-state index contributed by atoms with van der Waals surface area (Å²) in [5.41, 5.74) is 7.84. The summed E-state index contributed by atoms with van der Waals surface area (Å²) in [6, 6.07) is 7.96. The summed E-state index contributed by atoms with van der Waals surface area (Å²) in [6.07, 6.45) is 4.74. The summed E-state index contributed by atoms with van der Waals surface area (Å²) in [5, 5.41) is 0. The van der Waals surface area contributed by atoms with Crippen molar-refractivity contribution in [1.82, 2.24) is 4.90 Å². The van der Waals surface area contributed by atoms with Gasteiger partial charge >= 0.3 is 0 Å². The molecule has 1 aromatic rings. The second-order valence-corrected chi connectivity index (χ2v) is 5.90. The zero-order valence-electron chi connectivity index (χ0n) is 13.2. The molecule has 1 aromatic carbocycles. The van der Waals surface area contributed by atoms with Crippen LogP contribution in [0.3, 0.4) is 0 Å². The summed E-state index contributed by atoms with van der Waals surface area (Å²) in [6.45, 7) is 4.32. The number of carbonyl (C=O) groups excluding carboxylic acids is 1. The molecule has 1 atom stereocenters. The topological polar surface area (TPSA) is 49.6 Å². The number of amides is 1. The predicted octanol–water partition coefficient (Wildman–Crippen LogP) is 2.37. The Bertz CT molecular complexity index is 467. The Kier molecular flexibility index (Phi) is 5.62. The van der Waals surface area contributed by atoms with Crippen LogP contribution in [0.4, 0.5) is 5.69 Å². The number of hydrogen-bond acceptors (Lipinski definition) is 3. The van der Waals surface area contributed by atoms with Crippen molar-refractivity contribution in [2.45, 2.75) is 45.2 Å². The maximum Gasteiger partial charge on any atom is 0.244 e. The predicted molar refractivity (Wildman–Crippen MR) is 87.2 cm³/mol. The Hall–Kier alpha value is -1.55. The van der Waals surface area contributed by atoms with Gasteiger partial charge < -0.3 is 15.5 Å². The van der Waals surface area contributed by atoms with Crippen molar-refractivity contribution in [3.63, 3.8) is 0 Å². The van der Waals surface area contributed by atoms with Gasteiger partial charge in [0.05, 0.1) is 0 Å². The average molecular weight is 289 g/mol. The van der Waals surface area contributed by atoms with E-state index in [1.165, 1.54) is 12.8 Å². The fourth-order valence-corrected chi connectivity index (χ4v) is 2.85. The zero-order chi connectivity index (χ0) is 15.2. The molecule has 0 spiro atoms. The molecule has 0 saturated carbocycles. The van der Waals surface area contributed by atoms with Crippen LogP contribution in [-0.4, -0.2) is 37.0 Å². The maximum atomic E-state index is 12.7. The van der Waals surface area contributed by atoms with Crippen molar-refractivity contribution in [1.29, 1.82) is 0 Å².